The Kier molecular flexibility index (Phi) is 14.6. The predicted octanol–water partition coefficient (Wildman–Crippen LogP) is -0.366. The van der Waals surface area contributed by atoms with E-state index in [1.807, 2.05) is 6.26 Å². The van der Waals surface area contributed by atoms with Crippen molar-refractivity contribution in [3.05, 3.63) is 35.9 Å². The van der Waals surface area contributed by atoms with Crippen LogP contribution in [-0.2, 0) is 35.2 Å². The molecule has 1 fully saturated rings. The average Bonchev–Trinajstić information content (AvgIpc) is 3.46. The van der Waals surface area contributed by atoms with Crippen LogP contribution in [0.25, 0.3) is 0 Å². The lowest BCUT2D eigenvalue weighted by molar-refractivity contribution is -0.149. The normalized spacial score (nSPS) is 17.4. The van der Waals surface area contributed by atoms with E-state index in [9.17, 15) is 33.9 Å². The number of likely N-dealkylation sites (tertiary alicyclic amines) is 1. The van der Waals surface area contributed by atoms with Crippen LogP contribution in [0.4, 0.5) is 0 Å². The first-order chi connectivity index (χ1) is 20.0. The van der Waals surface area contributed by atoms with Crippen molar-refractivity contribution in [1.82, 2.24) is 20.9 Å². The van der Waals surface area contributed by atoms with Crippen LogP contribution in [0, 0.1) is 0 Å². The minimum atomic E-state index is -1.18. The highest BCUT2D eigenvalue weighted by molar-refractivity contribution is 7.98. The second kappa shape index (κ2) is 17.6. The van der Waals surface area contributed by atoms with Gasteiger partial charge in [-0.1, -0.05) is 30.3 Å². The van der Waals surface area contributed by atoms with Gasteiger partial charge in [0.05, 0.1) is 6.04 Å². The molecular weight excluding hydrogens is 586 g/mol. The second-order valence-electron chi connectivity index (χ2n) is 9.90. The van der Waals surface area contributed by atoms with Gasteiger partial charge in [-0.2, -0.15) is 24.4 Å². The van der Waals surface area contributed by atoms with Gasteiger partial charge in [0, 0.05) is 25.1 Å². The Morgan fingerprint density at radius 3 is 2.19 bits per heavy atom. The highest BCUT2D eigenvalue weighted by Crippen LogP contribution is 2.20. The van der Waals surface area contributed by atoms with E-state index >= 15 is 0 Å². The van der Waals surface area contributed by atoms with Crippen molar-refractivity contribution >= 4 is 60.0 Å². The number of carboxylic acid groups (broad SMARTS) is 2. The molecule has 1 aromatic rings. The summed E-state index contributed by atoms with van der Waals surface area (Å²) >= 11 is 5.61. The number of amides is 4. The molecule has 0 radical (unpaired) electrons. The molecule has 0 saturated carbocycles. The van der Waals surface area contributed by atoms with E-state index in [-0.39, 0.29) is 38.0 Å². The fourth-order valence-corrected chi connectivity index (χ4v) is 5.20. The van der Waals surface area contributed by atoms with Crippen molar-refractivity contribution in [3.8, 4) is 0 Å². The van der Waals surface area contributed by atoms with Gasteiger partial charge >= 0.3 is 11.9 Å². The van der Waals surface area contributed by atoms with Crippen molar-refractivity contribution in [2.24, 2.45) is 5.73 Å². The Morgan fingerprint density at radius 2 is 1.60 bits per heavy atom. The molecule has 2 rings (SSSR count). The summed E-state index contributed by atoms with van der Waals surface area (Å²) in [6.07, 6.45) is 2.57. The van der Waals surface area contributed by atoms with E-state index in [1.165, 1.54) is 16.7 Å². The number of carboxylic acids is 2. The van der Waals surface area contributed by atoms with Crippen LogP contribution in [-0.4, -0.2) is 105 Å². The number of aliphatic carboxylic acids is 2. The molecule has 1 heterocycles. The minimum Gasteiger partial charge on any atom is -0.481 e. The summed E-state index contributed by atoms with van der Waals surface area (Å²) in [7, 11) is 0. The molecule has 1 aliphatic heterocycles. The quantitative estimate of drug-likeness (QED) is 0.112. The number of nitrogens with one attached hydrogen (secondary N) is 3. The SMILES string of the molecule is CSCC[C@H](NC(=O)[C@H](Cc1ccccc1)NC(=O)[C@H](CS)NC(=O)[C@@H](N)CCC(=O)O)C(=O)N1CCC[C@H]1C(=O)O. The monoisotopic (exact) mass is 625 g/mol. The van der Waals surface area contributed by atoms with E-state index in [0.717, 1.165) is 5.56 Å². The number of thiol groups is 1. The fraction of sp³-hybridized carbons (Fsp3) is 0.556. The van der Waals surface area contributed by atoms with Crippen molar-refractivity contribution in [1.29, 1.82) is 0 Å². The lowest BCUT2D eigenvalue weighted by Gasteiger charge is -2.29. The number of thioether (sulfide) groups is 1. The smallest absolute Gasteiger partial charge is 0.326 e. The van der Waals surface area contributed by atoms with Gasteiger partial charge in [-0.25, -0.2) is 4.79 Å². The first kappa shape index (κ1) is 34.9. The molecule has 15 heteroatoms. The molecular formula is C27H39N5O8S2. The van der Waals surface area contributed by atoms with Gasteiger partial charge in [0.2, 0.25) is 23.6 Å². The zero-order valence-corrected chi connectivity index (χ0v) is 25.1. The molecule has 0 aromatic heterocycles. The summed E-state index contributed by atoms with van der Waals surface area (Å²) in [5.74, 6) is -4.45. The molecule has 232 valence electrons. The number of hydrogen-bond acceptors (Lipinski definition) is 9. The molecule has 0 bridgehead atoms. The Hall–Kier alpha value is -3.30. The second-order valence-corrected chi connectivity index (χ2v) is 11.3. The number of nitrogens with two attached hydrogens (primary N) is 1. The van der Waals surface area contributed by atoms with Crippen LogP contribution in [0.15, 0.2) is 30.3 Å². The fourth-order valence-electron chi connectivity index (χ4n) is 4.47. The third kappa shape index (κ3) is 10.8. The van der Waals surface area contributed by atoms with Gasteiger partial charge in [0.1, 0.15) is 24.2 Å². The third-order valence-electron chi connectivity index (χ3n) is 6.78. The van der Waals surface area contributed by atoms with Gasteiger partial charge in [-0.05, 0) is 43.3 Å². The maximum absolute atomic E-state index is 13.6. The van der Waals surface area contributed by atoms with Gasteiger partial charge in [-0.3, -0.25) is 24.0 Å². The van der Waals surface area contributed by atoms with Crippen LogP contribution < -0.4 is 21.7 Å². The number of benzene rings is 1. The molecule has 7 N–H and O–H groups in total. The van der Waals surface area contributed by atoms with Crippen LogP contribution in [0.5, 0.6) is 0 Å². The van der Waals surface area contributed by atoms with Gasteiger partial charge in [0.25, 0.3) is 0 Å². The topological polar surface area (TPSA) is 208 Å². The number of carbonyl (C=O) groups excluding carboxylic acids is 4. The Labute approximate surface area is 254 Å². The van der Waals surface area contributed by atoms with Crippen molar-refractivity contribution in [3.63, 3.8) is 0 Å². The van der Waals surface area contributed by atoms with E-state index in [4.69, 9.17) is 10.8 Å². The minimum absolute atomic E-state index is 0.0642. The van der Waals surface area contributed by atoms with Crippen LogP contribution in [0.2, 0.25) is 0 Å². The Morgan fingerprint density at radius 1 is 0.976 bits per heavy atom. The largest absolute Gasteiger partial charge is 0.481 e. The van der Waals surface area contributed by atoms with Gasteiger partial charge in [-0.15, -0.1) is 0 Å². The molecule has 0 spiro atoms. The van der Waals surface area contributed by atoms with Gasteiger partial charge < -0.3 is 36.8 Å². The van der Waals surface area contributed by atoms with E-state index < -0.39 is 65.8 Å². The number of rotatable bonds is 17. The zero-order chi connectivity index (χ0) is 31.2. The molecule has 4 amide bonds. The number of carbonyl (C=O) groups is 6. The maximum atomic E-state index is 13.6. The molecule has 1 aromatic carbocycles. The third-order valence-corrected chi connectivity index (χ3v) is 7.79. The van der Waals surface area contributed by atoms with Crippen molar-refractivity contribution < 1.29 is 39.0 Å². The Bertz CT molecular complexity index is 1110. The highest BCUT2D eigenvalue weighted by Gasteiger charge is 2.38. The summed E-state index contributed by atoms with van der Waals surface area (Å²) in [4.78, 5) is 76.4. The first-order valence-electron chi connectivity index (χ1n) is 13.5. The molecule has 5 atom stereocenters. The van der Waals surface area contributed by atoms with Crippen molar-refractivity contribution in [2.75, 3.05) is 24.3 Å². The van der Waals surface area contributed by atoms with Crippen molar-refractivity contribution in [2.45, 2.75) is 68.7 Å². The van der Waals surface area contributed by atoms with E-state index in [1.54, 1.807) is 30.3 Å². The summed E-state index contributed by atoms with van der Waals surface area (Å²) in [6, 6.07) is 3.40. The predicted molar refractivity (Wildman–Crippen MR) is 160 cm³/mol. The lowest BCUT2D eigenvalue weighted by Crippen LogP contribution is -2.59. The number of hydrogen-bond donors (Lipinski definition) is 7. The maximum Gasteiger partial charge on any atom is 0.326 e. The summed E-state index contributed by atoms with van der Waals surface area (Å²) < 4.78 is 0. The highest BCUT2D eigenvalue weighted by atomic mass is 32.2. The molecule has 0 aliphatic carbocycles. The van der Waals surface area contributed by atoms with Crippen LogP contribution in [0.3, 0.4) is 0 Å². The summed E-state index contributed by atoms with van der Waals surface area (Å²) in [5, 5.41) is 26.2. The summed E-state index contributed by atoms with van der Waals surface area (Å²) in [5.41, 5.74) is 6.47. The van der Waals surface area contributed by atoms with E-state index in [0.29, 0.717) is 18.6 Å². The van der Waals surface area contributed by atoms with Crippen LogP contribution >= 0.6 is 24.4 Å². The van der Waals surface area contributed by atoms with Crippen LogP contribution in [0.1, 0.15) is 37.7 Å². The molecule has 42 heavy (non-hydrogen) atoms. The van der Waals surface area contributed by atoms with Gasteiger partial charge in [0.15, 0.2) is 0 Å². The molecule has 1 aliphatic rings. The molecule has 1 saturated heterocycles. The molecule has 0 unspecified atom stereocenters. The summed E-state index contributed by atoms with van der Waals surface area (Å²) in [6.45, 7) is 0.267. The van der Waals surface area contributed by atoms with E-state index in [2.05, 4.69) is 28.6 Å². The first-order valence-corrected chi connectivity index (χ1v) is 15.6. The lowest BCUT2D eigenvalue weighted by atomic mass is 10.0. The zero-order valence-electron chi connectivity index (χ0n) is 23.4. The number of nitrogens with zero attached hydrogens (tertiary/aromatic N) is 1. The standard InChI is InChI=1S/C27H39N5O8S2/c1-42-13-11-18(26(38)32-12-5-8-21(32)27(39)40)29-24(36)19(14-16-6-3-2-4-7-16)30-25(37)20(15-41)31-23(35)17(28)9-10-22(33)34/h2-4,6-7,17-21,41H,5,8-15,28H2,1H3,(H,29,36)(H,30,37)(H,31,35)(H,33,34)(H,39,40)/t17-,18-,19-,20-,21-/m0/s1. The molecule has 13 nitrogen and oxygen atoms in total. The average molecular weight is 626 g/mol. The Balaban J connectivity index is 2.22.